The molecule has 2 N–H and O–H groups in total. The predicted octanol–water partition coefficient (Wildman–Crippen LogP) is 9.37. The Morgan fingerprint density at radius 1 is 0.898 bits per heavy atom. The Labute approximate surface area is 359 Å². The molecule has 3 atom stereocenters. The molecule has 2 amide bonds. The van der Waals surface area contributed by atoms with Crippen LogP contribution in [0.5, 0.6) is 0 Å². The Morgan fingerprint density at radius 2 is 1.51 bits per heavy atom. The van der Waals surface area contributed by atoms with Crippen LogP contribution in [-0.2, 0) is 36.8 Å². The summed E-state index contributed by atoms with van der Waals surface area (Å²) in [7, 11) is 0. The molecule has 1 aromatic heterocycles. The standard InChI is InChI=1S/C48H50N4O4S3/c1-5-33-24-26-34(27-25-33)43-42-44-52-47(4,31-57-44)46(55)51-41(32(2)3)45(54)56-38(29-39(53)49-30-40(50-42)59-43)23-15-16-28-58-48(35-17-9-6-10-18-35,36-19-11-7-12-20-36)37-21-13-8-14-22-37/h6-15,17-27,32,38,41H,5,16,28-31H2,1-4H3,(H,49,53)(H,51,55)/b23-15+/t38?,41-,47-/m0/s1. The third-order valence-electron chi connectivity index (χ3n) is 10.6. The number of ether oxygens (including phenoxy) is 1. The van der Waals surface area contributed by atoms with Gasteiger partial charge in [0.1, 0.15) is 33.4 Å². The van der Waals surface area contributed by atoms with Crippen molar-refractivity contribution in [3.63, 3.8) is 0 Å². The van der Waals surface area contributed by atoms with E-state index >= 15 is 0 Å². The van der Waals surface area contributed by atoms with Gasteiger partial charge in [-0.2, -0.15) is 0 Å². The third-order valence-corrected chi connectivity index (χ3v) is 14.6. The molecule has 4 aromatic carbocycles. The van der Waals surface area contributed by atoms with Gasteiger partial charge in [0.05, 0.1) is 22.6 Å². The quantitative estimate of drug-likeness (QED) is 0.0591. The number of allylic oxidation sites excluding steroid dienone is 1. The number of aliphatic imine (C=N–C) groups is 1. The van der Waals surface area contributed by atoms with Crippen LogP contribution >= 0.6 is 34.9 Å². The zero-order valence-corrected chi connectivity index (χ0v) is 36.3. The van der Waals surface area contributed by atoms with Crippen LogP contribution in [0.2, 0.25) is 0 Å². The summed E-state index contributed by atoms with van der Waals surface area (Å²) in [6, 6.07) is 39.1. The Morgan fingerprint density at radius 3 is 2.08 bits per heavy atom. The summed E-state index contributed by atoms with van der Waals surface area (Å²) in [6.45, 7) is 7.85. The first kappa shape index (κ1) is 42.2. The number of aromatic nitrogens is 1. The first-order valence-electron chi connectivity index (χ1n) is 20.2. The summed E-state index contributed by atoms with van der Waals surface area (Å²) >= 11 is 4.82. The summed E-state index contributed by atoms with van der Waals surface area (Å²) in [5, 5.41) is 7.38. The molecule has 304 valence electrons. The summed E-state index contributed by atoms with van der Waals surface area (Å²) in [5.74, 6) is -0.361. The van der Waals surface area contributed by atoms with Crippen LogP contribution < -0.4 is 10.6 Å². The highest BCUT2D eigenvalue weighted by molar-refractivity contribution is 8.14. The van der Waals surface area contributed by atoms with Gasteiger partial charge in [0.25, 0.3) is 0 Å². The molecule has 59 heavy (non-hydrogen) atoms. The van der Waals surface area contributed by atoms with Crippen molar-refractivity contribution in [2.75, 3.05) is 11.5 Å². The van der Waals surface area contributed by atoms with Gasteiger partial charge in [0.15, 0.2) is 0 Å². The number of hydrogen-bond acceptors (Lipinski definition) is 9. The van der Waals surface area contributed by atoms with Crippen molar-refractivity contribution >= 4 is 57.7 Å². The minimum Gasteiger partial charge on any atom is -0.456 e. The lowest BCUT2D eigenvalue weighted by Crippen LogP contribution is -2.53. The van der Waals surface area contributed by atoms with E-state index < -0.39 is 28.4 Å². The van der Waals surface area contributed by atoms with E-state index in [1.54, 1.807) is 13.0 Å². The Hall–Kier alpha value is -4.97. The van der Waals surface area contributed by atoms with Crippen LogP contribution in [0.4, 0.5) is 0 Å². The molecule has 0 saturated heterocycles. The number of aryl methyl sites for hydroxylation is 1. The van der Waals surface area contributed by atoms with E-state index in [9.17, 15) is 14.4 Å². The van der Waals surface area contributed by atoms with Gasteiger partial charge in [-0.3, -0.25) is 14.6 Å². The molecule has 3 heterocycles. The van der Waals surface area contributed by atoms with E-state index in [4.69, 9.17) is 14.7 Å². The summed E-state index contributed by atoms with van der Waals surface area (Å²) in [4.78, 5) is 52.3. The molecule has 8 nitrogen and oxygen atoms in total. The molecule has 0 spiro atoms. The number of fused-ring (bicyclic) bond motifs is 4. The van der Waals surface area contributed by atoms with Crippen molar-refractivity contribution < 1.29 is 19.1 Å². The number of carbonyl (C=O) groups excluding carboxylic acids is 3. The van der Waals surface area contributed by atoms with E-state index in [2.05, 4.69) is 115 Å². The molecule has 7 rings (SSSR count). The second-order valence-corrected chi connectivity index (χ2v) is 18.7. The molecule has 4 bridgehead atoms. The molecule has 5 aromatic rings. The second-order valence-electron chi connectivity index (χ2n) is 15.3. The van der Waals surface area contributed by atoms with E-state index in [-0.39, 0.29) is 30.7 Å². The average Bonchev–Trinajstić information content (AvgIpc) is 3.88. The van der Waals surface area contributed by atoms with Gasteiger partial charge >= 0.3 is 5.97 Å². The van der Waals surface area contributed by atoms with Crippen LogP contribution in [-0.4, -0.2) is 57.0 Å². The van der Waals surface area contributed by atoms with Crippen molar-refractivity contribution in [2.45, 2.75) is 75.9 Å². The van der Waals surface area contributed by atoms with Gasteiger partial charge in [-0.15, -0.1) is 34.9 Å². The van der Waals surface area contributed by atoms with Gasteiger partial charge in [-0.25, -0.2) is 9.78 Å². The Bertz CT molecular complexity index is 2200. The molecule has 0 aliphatic carbocycles. The SMILES string of the molecule is CCc1ccc(-c2sc3nc2C2=N[C@@](C)(CS2)C(=O)N[C@@H](C(C)C)C(=O)OC(/C=C/CCSC(c2ccccc2)(c2ccccc2)c2ccccc2)CC(=O)NC3)cc1. The third kappa shape index (κ3) is 9.59. The summed E-state index contributed by atoms with van der Waals surface area (Å²) in [6.07, 6.45) is 4.43. The van der Waals surface area contributed by atoms with Gasteiger partial charge in [-0.1, -0.05) is 142 Å². The monoisotopic (exact) mass is 842 g/mol. The van der Waals surface area contributed by atoms with Gasteiger partial charge < -0.3 is 15.4 Å². The molecule has 11 heteroatoms. The van der Waals surface area contributed by atoms with Crippen LogP contribution in [0, 0.1) is 5.92 Å². The highest BCUT2D eigenvalue weighted by Gasteiger charge is 2.42. The number of thiazole rings is 1. The number of rotatable bonds is 11. The van der Waals surface area contributed by atoms with Crippen LogP contribution in [0.1, 0.15) is 73.5 Å². The van der Waals surface area contributed by atoms with Crippen molar-refractivity contribution in [1.29, 1.82) is 0 Å². The first-order chi connectivity index (χ1) is 28.6. The first-order valence-corrected chi connectivity index (χ1v) is 23.0. The highest BCUT2D eigenvalue weighted by atomic mass is 32.2. The lowest BCUT2D eigenvalue weighted by atomic mass is 9.84. The lowest BCUT2D eigenvalue weighted by molar-refractivity contribution is -0.153. The number of nitrogens with one attached hydrogen (secondary N) is 2. The fraction of sp³-hybridized carbons (Fsp3) is 0.312. The van der Waals surface area contributed by atoms with E-state index in [1.165, 1.54) is 45.4 Å². The van der Waals surface area contributed by atoms with Gasteiger partial charge in [-0.05, 0) is 65.3 Å². The molecular formula is C48H50N4O4S3. The fourth-order valence-electron chi connectivity index (χ4n) is 7.30. The number of hydrogen-bond donors (Lipinski definition) is 2. The van der Waals surface area contributed by atoms with E-state index in [0.717, 1.165) is 27.6 Å². The second kappa shape index (κ2) is 19.0. The lowest BCUT2D eigenvalue weighted by Gasteiger charge is -2.35. The van der Waals surface area contributed by atoms with Crippen molar-refractivity contribution in [3.8, 4) is 10.4 Å². The number of benzene rings is 4. The number of amides is 2. The number of carbonyl (C=O) groups is 3. The zero-order chi connectivity index (χ0) is 41.4. The maximum Gasteiger partial charge on any atom is 0.329 e. The maximum atomic E-state index is 14.0. The molecule has 0 saturated carbocycles. The number of nitrogens with zero attached hydrogens (tertiary/aromatic N) is 2. The average molecular weight is 843 g/mol. The van der Waals surface area contributed by atoms with Gasteiger partial charge in [0.2, 0.25) is 11.8 Å². The maximum absolute atomic E-state index is 14.0. The number of esters is 1. The largest absolute Gasteiger partial charge is 0.456 e. The molecule has 0 fully saturated rings. The predicted molar refractivity (Wildman–Crippen MR) is 243 cm³/mol. The smallest absolute Gasteiger partial charge is 0.329 e. The molecule has 2 aliphatic rings. The number of thioether (sulfide) groups is 2. The summed E-state index contributed by atoms with van der Waals surface area (Å²) in [5.41, 5.74) is 5.35. The zero-order valence-electron chi connectivity index (χ0n) is 33.9. The molecular weight excluding hydrogens is 793 g/mol. The van der Waals surface area contributed by atoms with Crippen molar-refractivity contribution in [1.82, 2.24) is 15.6 Å². The normalized spacial score (nSPS) is 20.3. The minimum atomic E-state index is -1.11. The van der Waals surface area contributed by atoms with E-state index in [1.807, 2.05) is 49.9 Å². The Kier molecular flexibility index (Phi) is 13.5. The van der Waals surface area contributed by atoms with Crippen LogP contribution in [0.25, 0.3) is 10.4 Å². The topological polar surface area (TPSA) is 110 Å². The fourth-order valence-corrected chi connectivity index (χ4v) is 11.0. The van der Waals surface area contributed by atoms with Crippen molar-refractivity contribution in [2.24, 2.45) is 10.9 Å². The number of cyclic esters (lactones) is 1. The van der Waals surface area contributed by atoms with Crippen LogP contribution in [0.15, 0.2) is 132 Å². The summed E-state index contributed by atoms with van der Waals surface area (Å²) < 4.78 is 5.60. The van der Waals surface area contributed by atoms with E-state index in [0.29, 0.717) is 22.9 Å². The molecule has 2 aliphatic heterocycles. The minimum absolute atomic E-state index is 0.0834. The molecule has 1 unspecified atom stereocenters. The van der Waals surface area contributed by atoms with Crippen molar-refractivity contribution in [3.05, 3.63) is 160 Å². The molecule has 0 radical (unpaired) electrons. The highest BCUT2D eigenvalue weighted by Crippen LogP contribution is 2.48. The Balaban J connectivity index is 1.15. The van der Waals surface area contributed by atoms with Gasteiger partial charge in [0, 0.05) is 5.75 Å². The van der Waals surface area contributed by atoms with Crippen LogP contribution in [0.3, 0.4) is 0 Å².